The topological polar surface area (TPSA) is 18.1 Å². The van der Waals surface area contributed by atoms with E-state index >= 15 is 0 Å². The van der Waals surface area contributed by atoms with Gasteiger partial charge < -0.3 is 8.98 Å². The number of hydrogen-bond acceptors (Lipinski definition) is 1. The Hall–Kier alpha value is -4.30. The summed E-state index contributed by atoms with van der Waals surface area (Å²) in [6.07, 6.45) is 0. The molecule has 0 atom stereocenters. The summed E-state index contributed by atoms with van der Waals surface area (Å²) < 4.78 is 8.88. The summed E-state index contributed by atoms with van der Waals surface area (Å²) in [5.74, 6) is 1.07. The van der Waals surface area contributed by atoms with Crippen LogP contribution in [-0.2, 0) is 5.41 Å². The lowest BCUT2D eigenvalue weighted by Gasteiger charge is -2.19. The van der Waals surface area contributed by atoms with Crippen molar-refractivity contribution in [3.05, 3.63) is 114 Å². The molecule has 2 aromatic heterocycles. The fourth-order valence-electron chi connectivity index (χ4n) is 6.21. The maximum Gasteiger partial charge on any atom is 0.134 e. The Kier molecular flexibility index (Phi) is 3.50. The predicted molar refractivity (Wildman–Crippen MR) is 146 cm³/mol. The Bertz CT molecular complexity index is 1980. The molecule has 1 aliphatic carbocycles. The van der Waals surface area contributed by atoms with E-state index in [1.54, 1.807) is 0 Å². The van der Waals surface area contributed by atoms with Gasteiger partial charge in [-0.1, -0.05) is 66.7 Å². The Morgan fingerprint density at radius 2 is 1.37 bits per heavy atom. The number of benzene rings is 5. The molecule has 0 radical (unpaired) electrons. The summed E-state index contributed by atoms with van der Waals surface area (Å²) in [5, 5.41) is 6.27. The first-order valence-electron chi connectivity index (χ1n) is 12.2. The van der Waals surface area contributed by atoms with Crippen LogP contribution in [-0.4, -0.2) is 4.57 Å². The summed E-state index contributed by atoms with van der Waals surface area (Å²) in [7, 11) is 0. The average molecular weight is 450 g/mol. The third-order valence-electron chi connectivity index (χ3n) is 7.91. The van der Waals surface area contributed by atoms with Crippen LogP contribution in [0.1, 0.15) is 25.2 Å². The van der Waals surface area contributed by atoms with Crippen LogP contribution in [0.25, 0.3) is 60.4 Å². The number of hydrogen-bond donors (Lipinski definition) is 0. The van der Waals surface area contributed by atoms with Crippen molar-refractivity contribution < 1.29 is 4.42 Å². The molecule has 1 aliphatic rings. The lowest BCUT2D eigenvalue weighted by atomic mass is 9.85. The second kappa shape index (κ2) is 6.43. The van der Waals surface area contributed by atoms with Crippen LogP contribution in [0.15, 0.2) is 108 Å². The highest BCUT2D eigenvalue weighted by atomic mass is 16.3. The van der Waals surface area contributed by atoms with Crippen molar-refractivity contribution in [3.8, 4) is 16.8 Å². The monoisotopic (exact) mass is 449 g/mol. The van der Waals surface area contributed by atoms with Crippen LogP contribution in [0.3, 0.4) is 0 Å². The van der Waals surface area contributed by atoms with Gasteiger partial charge in [0.1, 0.15) is 11.3 Å². The van der Waals surface area contributed by atoms with E-state index in [4.69, 9.17) is 4.42 Å². The van der Waals surface area contributed by atoms with Crippen LogP contribution in [0.5, 0.6) is 0 Å². The highest BCUT2D eigenvalue weighted by Gasteiger charge is 2.41. The van der Waals surface area contributed by atoms with Crippen molar-refractivity contribution in [2.75, 3.05) is 0 Å². The molecule has 0 amide bonds. The lowest BCUT2D eigenvalue weighted by molar-refractivity contribution is 0.465. The molecule has 8 rings (SSSR count). The molecule has 7 aromatic rings. The van der Waals surface area contributed by atoms with E-state index in [1.165, 1.54) is 60.3 Å². The van der Waals surface area contributed by atoms with E-state index in [0.29, 0.717) is 0 Å². The first kappa shape index (κ1) is 19.1. The predicted octanol–water partition coefficient (Wildman–Crippen LogP) is 8.99. The Labute approximate surface area is 203 Å². The molecule has 0 saturated heterocycles. The van der Waals surface area contributed by atoms with Crippen LogP contribution in [0, 0.1) is 0 Å². The number of aromatic nitrogens is 1. The lowest BCUT2D eigenvalue weighted by Crippen LogP contribution is -2.14. The molecule has 0 unspecified atom stereocenters. The zero-order valence-electron chi connectivity index (χ0n) is 19.7. The van der Waals surface area contributed by atoms with E-state index in [1.807, 2.05) is 0 Å². The van der Waals surface area contributed by atoms with Gasteiger partial charge >= 0.3 is 0 Å². The van der Waals surface area contributed by atoms with Crippen LogP contribution < -0.4 is 0 Å². The fourth-order valence-corrected chi connectivity index (χ4v) is 6.21. The standard InChI is InChI=1S/C33H23NO/c1-33(2)27-18-25-23-11-5-7-13-28(23)34(22-16-15-20-9-3-4-10-21(20)17-22)29(25)19-26(27)31-24-12-6-8-14-30(24)35-32(31)33/h3-19H,1-2H3. The zero-order valence-corrected chi connectivity index (χ0v) is 19.7. The van der Waals surface area contributed by atoms with Gasteiger partial charge in [-0.3, -0.25) is 0 Å². The number of fused-ring (bicyclic) bond motifs is 9. The first-order valence-corrected chi connectivity index (χ1v) is 12.2. The van der Waals surface area contributed by atoms with Gasteiger partial charge in [0.25, 0.3) is 0 Å². The molecule has 2 heteroatoms. The van der Waals surface area contributed by atoms with Crippen molar-refractivity contribution in [1.82, 2.24) is 4.57 Å². The largest absolute Gasteiger partial charge is 0.459 e. The van der Waals surface area contributed by atoms with Gasteiger partial charge in [0.05, 0.1) is 11.0 Å². The molecule has 2 nitrogen and oxygen atoms in total. The number of para-hydroxylation sites is 2. The summed E-state index contributed by atoms with van der Waals surface area (Å²) in [6.45, 7) is 4.57. The maximum absolute atomic E-state index is 6.46. The third-order valence-corrected chi connectivity index (χ3v) is 7.91. The van der Waals surface area contributed by atoms with Crippen LogP contribution in [0.4, 0.5) is 0 Å². The van der Waals surface area contributed by atoms with Crippen molar-refractivity contribution in [1.29, 1.82) is 0 Å². The Morgan fingerprint density at radius 3 is 2.26 bits per heavy atom. The number of nitrogens with zero attached hydrogens (tertiary/aromatic N) is 1. The quantitative estimate of drug-likeness (QED) is 0.244. The minimum atomic E-state index is -0.190. The van der Waals surface area contributed by atoms with Crippen molar-refractivity contribution in [2.24, 2.45) is 0 Å². The summed E-state index contributed by atoms with van der Waals surface area (Å²) >= 11 is 0. The van der Waals surface area contributed by atoms with Crippen LogP contribution >= 0.6 is 0 Å². The number of furan rings is 1. The van der Waals surface area contributed by atoms with Gasteiger partial charge in [0.2, 0.25) is 0 Å². The van der Waals surface area contributed by atoms with E-state index < -0.39 is 0 Å². The zero-order chi connectivity index (χ0) is 23.3. The maximum atomic E-state index is 6.46. The molecule has 5 aromatic carbocycles. The molecular formula is C33H23NO. The molecule has 0 N–H and O–H groups in total. The first-order chi connectivity index (χ1) is 17.1. The van der Waals surface area contributed by atoms with Crippen LogP contribution in [0.2, 0.25) is 0 Å². The van der Waals surface area contributed by atoms with Crippen molar-refractivity contribution in [2.45, 2.75) is 19.3 Å². The molecule has 166 valence electrons. The molecule has 0 aliphatic heterocycles. The van der Waals surface area contributed by atoms with Crippen molar-refractivity contribution in [3.63, 3.8) is 0 Å². The molecule has 0 spiro atoms. The molecule has 0 bridgehead atoms. The second-order valence-electron chi connectivity index (χ2n) is 10.2. The average Bonchev–Trinajstić information content (AvgIpc) is 3.50. The fraction of sp³-hybridized carbons (Fsp3) is 0.0909. The minimum absolute atomic E-state index is 0.190. The molecular weight excluding hydrogens is 426 g/mol. The summed E-state index contributed by atoms with van der Waals surface area (Å²) in [5.41, 5.74) is 8.29. The smallest absolute Gasteiger partial charge is 0.134 e. The molecule has 0 fully saturated rings. The van der Waals surface area contributed by atoms with Gasteiger partial charge in [-0.15, -0.1) is 0 Å². The van der Waals surface area contributed by atoms with Gasteiger partial charge in [-0.25, -0.2) is 0 Å². The van der Waals surface area contributed by atoms with E-state index in [2.05, 4.69) is 122 Å². The van der Waals surface area contributed by atoms with Gasteiger partial charge in [0.15, 0.2) is 0 Å². The SMILES string of the molecule is CC1(C)c2cc3c4ccccc4n(-c4ccc5ccccc5c4)c3cc2-c2c1oc1ccccc21. The minimum Gasteiger partial charge on any atom is -0.459 e. The van der Waals surface area contributed by atoms with Crippen molar-refractivity contribution >= 4 is 43.5 Å². The highest BCUT2D eigenvalue weighted by Crippen LogP contribution is 2.54. The Balaban J connectivity index is 1.52. The highest BCUT2D eigenvalue weighted by molar-refractivity contribution is 6.13. The van der Waals surface area contributed by atoms with Gasteiger partial charge in [0, 0.05) is 32.8 Å². The molecule has 35 heavy (non-hydrogen) atoms. The van der Waals surface area contributed by atoms with Gasteiger partial charge in [-0.2, -0.15) is 0 Å². The number of rotatable bonds is 1. The second-order valence-corrected chi connectivity index (χ2v) is 10.2. The normalized spacial score (nSPS) is 14.2. The van der Waals surface area contributed by atoms with E-state index in [0.717, 1.165) is 11.3 Å². The molecule has 2 heterocycles. The Morgan fingerprint density at radius 1 is 0.629 bits per heavy atom. The summed E-state index contributed by atoms with van der Waals surface area (Å²) in [6, 6.07) is 37.3. The summed E-state index contributed by atoms with van der Waals surface area (Å²) in [4.78, 5) is 0. The van der Waals surface area contributed by atoms with E-state index in [-0.39, 0.29) is 5.41 Å². The molecule has 0 saturated carbocycles. The van der Waals surface area contributed by atoms with Gasteiger partial charge in [-0.05, 0) is 72.1 Å². The third kappa shape index (κ3) is 2.39. The van der Waals surface area contributed by atoms with E-state index in [9.17, 15) is 0 Å².